The largest absolute Gasteiger partial charge is 0.369 e. The summed E-state index contributed by atoms with van der Waals surface area (Å²) in [7, 11) is 0. The highest BCUT2D eigenvalue weighted by Gasteiger charge is 2.12. The molecule has 2 aromatic heterocycles. The van der Waals surface area contributed by atoms with Crippen molar-refractivity contribution < 1.29 is 4.39 Å². The van der Waals surface area contributed by atoms with Gasteiger partial charge >= 0.3 is 0 Å². The normalized spacial score (nSPS) is 15.1. The number of hydrogen-bond donors (Lipinski definition) is 2. The molecule has 25 heavy (non-hydrogen) atoms. The zero-order valence-corrected chi connectivity index (χ0v) is 13.8. The molecule has 7 nitrogen and oxygen atoms in total. The third-order valence-corrected chi connectivity index (χ3v) is 4.32. The summed E-state index contributed by atoms with van der Waals surface area (Å²) in [6.45, 7) is 5.06. The fourth-order valence-electron chi connectivity index (χ4n) is 3.01. The lowest BCUT2D eigenvalue weighted by Gasteiger charge is -2.13. The Balaban J connectivity index is 1.47. The lowest BCUT2D eigenvalue weighted by atomic mass is 10.3. The van der Waals surface area contributed by atoms with E-state index in [9.17, 15) is 4.39 Å². The van der Waals surface area contributed by atoms with Gasteiger partial charge in [0.1, 0.15) is 18.0 Å². The van der Waals surface area contributed by atoms with Crippen molar-refractivity contribution in [3.05, 3.63) is 42.6 Å². The minimum absolute atomic E-state index is 0.273. The summed E-state index contributed by atoms with van der Waals surface area (Å²) in [6.07, 6.45) is 4.31. The molecule has 4 rings (SSSR count). The zero-order valence-electron chi connectivity index (χ0n) is 13.8. The van der Waals surface area contributed by atoms with E-state index in [0.717, 1.165) is 56.2 Å². The van der Waals surface area contributed by atoms with E-state index >= 15 is 0 Å². The molecule has 0 unspecified atom stereocenters. The Labute approximate surface area is 144 Å². The molecule has 1 fully saturated rings. The van der Waals surface area contributed by atoms with Gasteiger partial charge in [0.2, 0.25) is 0 Å². The van der Waals surface area contributed by atoms with Gasteiger partial charge in [0.15, 0.2) is 5.65 Å². The summed E-state index contributed by atoms with van der Waals surface area (Å²) < 4.78 is 14.8. The molecule has 0 spiro atoms. The highest BCUT2D eigenvalue weighted by molar-refractivity contribution is 5.87. The fraction of sp³-hybridized carbons (Fsp3) is 0.353. The summed E-state index contributed by atoms with van der Waals surface area (Å²) in [5.74, 6) is 0.503. The van der Waals surface area contributed by atoms with Crippen molar-refractivity contribution in [2.24, 2.45) is 0 Å². The molecule has 8 heteroatoms. The first-order chi connectivity index (χ1) is 12.3. The molecule has 1 aliphatic heterocycles. The minimum Gasteiger partial charge on any atom is -0.369 e. The molecular weight excluding hydrogens is 321 g/mol. The molecule has 0 radical (unpaired) electrons. The number of hydrogen-bond acceptors (Lipinski definition) is 6. The Kier molecular flexibility index (Phi) is 4.53. The van der Waals surface area contributed by atoms with E-state index in [1.807, 2.05) is 0 Å². The second kappa shape index (κ2) is 7.12. The van der Waals surface area contributed by atoms with Gasteiger partial charge in [0, 0.05) is 32.8 Å². The van der Waals surface area contributed by atoms with Crippen molar-refractivity contribution in [1.82, 2.24) is 30.0 Å². The summed E-state index contributed by atoms with van der Waals surface area (Å²) >= 11 is 0. The van der Waals surface area contributed by atoms with Crippen LogP contribution in [-0.2, 0) is 0 Å². The molecule has 2 N–H and O–H groups in total. The van der Waals surface area contributed by atoms with Gasteiger partial charge < -0.3 is 10.6 Å². The minimum atomic E-state index is -0.273. The fourth-order valence-corrected chi connectivity index (χ4v) is 3.01. The average Bonchev–Trinajstić information content (AvgIpc) is 3.29. The van der Waals surface area contributed by atoms with Gasteiger partial charge in [-0.05, 0) is 30.7 Å². The first-order valence-electron chi connectivity index (χ1n) is 8.43. The van der Waals surface area contributed by atoms with E-state index in [2.05, 4.69) is 30.6 Å². The van der Waals surface area contributed by atoms with E-state index < -0.39 is 0 Å². The summed E-state index contributed by atoms with van der Waals surface area (Å²) in [5.41, 5.74) is 1.47. The van der Waals surface area contributed by atoms with Crippen LogP contribution in [0.25, 0.3) is 16.7 Å². The second-order valence-corrected chi connectivity index (χ2v) is 6.05. The number of aromatic nitrogens is 4. The molecule has 3 heterocycles. The molecule has 1 aliphatic rings. The Morgan fingerprint density at radius 3 is 2.88 bits per heavy atom. The van der Waals surface area contributed by atoms with Gasteiger partial charge in [-0.15, -0.1) is 0 Å². The zero-order chi connectivity index (χ0) is 17.1. The van der Waals surface area contributed by atoms with Gasteiger partial charge in [0.05, 0.1) is 17.3 Å². The van der Waals surface area contributed by atoms with Crippen LogP contribution in [0.15, 0.2) is 36.8 Å². The first-order valence-corrected chi connectivity index (χ1v) is 8.43. The van der Waals surface area contributed by atoms with Crippen molar-refractivity contribution in [3.63, 3.8) is 0 Å². The molecule has 1 saturated heterocycles. The average molecular weight is 341 g/mol. The summed E-state index contributed by atoms with van der Waals surface area (Å²) in [4.78, 5) is 11.1. The maximum Gasteiger partial charge on any atom is 0.168 e. The van der Waals surface area contributed by atoms with Crippen LogP contribution >= 0.6 is 0 Å². The van der Waals surface area contributed by atoms with Crippen LogP contribution in [0, 0.1) is 5.82 Å². The number of halogens is 1. The first kappa shape index (κ1) is 15.9. The molecule has 0 aliphatic carbocycles. The predicted molar refractivity (Wildman–Crippen MR) is 94.2 cm³/mol. The Morgan fingerprint density at radius 1 is 1.20 bits per heavy atom. The Bertz CT molecular complexity index is 840. The van der Waals surface area contributed by atoms with Crippen LogP contribution in [0.3, 0.4) is 0 Å². The number of nitrogens with zero attached hydrogens (tertiary/aromatic N) is 5. The van der Waals surface area contributed by atoms with E-state index in [1.54, 1.807) is 23.0 Å². The third-order valence-electron chi connectivity index (χ3n) is 4.32. The Hall–Kier alpha value is -2.58. The molecule has 0 saturated carbocycles. The number of fused-ring (bicyclic) bond motifs is 1. The molecule has 0 bridgehead atoms. The van der Waals surface area contributed by atoms with Crippen molar-refractivity contribution in [2.75, 3.05) is 38.2 Å². The van der Waals surface area contributed by atoms with Gasteiger partial charge in [-0.1, -0.05) is 0 Å². The second-order valence-electron chi connectivity index (χ2n) is 6.05. The smallest absolute Gasteiger partial charge is 0.168 e. The van der Waals surface area contributed by atoms with E-state index in [0.29, 0.717) is 5.65 Å². The van der Waals surface area contributed by atoms with Gasteiger partial charge in [-0.3, -0.25) is 4.90 Å². The van der Waals surface area contributed by atoms with Crippen molar-refractivity contribution in [2.45, 2.75) is 6.42 Å². The summed E-state index contributed by atoms with van der Waals surface area (Å²) in [5, 5.41) is 11.9. The highest BCUT2D eigenvalue weighted by Crippen LogP contribution is 2.21. The quantitative estimate of drug-likeness (QED) is 0.664. The van der Waals surface area contributed by atoms with Crippen LogP contribution < -0.4 is 10.6 Å². The van der Waals surface area contributed by atoms with Crippen molar-refractivity contribution in [1.29, 1.82) is 0 Å². The van der Waals surface area contributed by atoms with Gasteiger partial charge in [0.25, 0.3) is 0 Å². The molecule has 3 aromatic rings. The maximum atomic E-state index is 13.1. The molecule has 0 atom stereocenters. The van der Waals surface area contributed by atoms with Crippen molar-refractivity contribution >= 4 is 16.9 Å². The van der Waals surface area contributed by atoms with Crippen LogP contribution in [0.2, 0.25) is 0 Å². The predicted octanol–water partition coefficient (Wildman–Crippen LogP) is 1.62. The van der Waals surface area contributed by atoms with E-state index in [-0.39, 0.29) is 5.82 Å². The number of rotatable bonds is 6. The van der Waals surface area contributed by atoms with Crippen molar-refractivity contribution in [3.8, 4) is 5.69 Å². The SMILES string of the molecule is Fc1ccc(-n2ncc3c(NCCCN4CCNC4)ncnc32)cc1. The lowest BCUT2D eigenvalue weighted by molar-refractivity contribution is 0.333. The van der Waals surface area contributed by atoms with Crippen LogP contribution in [0.1, 0.15) is 6.42 Å². The summed E-state index contributed by atoms with van der Waals surface area (Å²) in [6, 6.07) is 6.19. The molecule has 130 valence electrons. The topological polar surface area (TPSA) is 70.9 Å². The van der Waals surface area contributed by atoms with Gasteiger partial charge in [-0.2, -0.15) is 5.10 Å². The molecule has 0 amide bonds. The van der Waals surface area contributed by atoms with Crippen LogP contribution in [-0.4, -0.2) is 57.5 Å². The third kappa shape index (κ3) is 3.45. The van der Waals surface area contributed by atoms with E-state index in [1.165, 1.54) is 18.5 Å². The maximum absolute atomic E-state index is 13.1. The standard InChI is InChI=1S/C17H20FN7/c18-13-2-4-14(5-3-13)25-17-15(10-23-25)16(21-11-22-17)20-6-1-8-24-9-7-19-12-24/h2-5,10-11,19H,1,6-9,12H2,(H,20,21,22). The molecule has 1 aromatic carbocycles. The highest BCUT2D eigenvalue weighted by atomic mass is 19.1. The van der Waals surface area contributed by atoms with Crippen LogP contribution in [0.4, 0.5) is 10.2 Å². The number of nitrogens with one attached hydrogen (secondary N) is 2. The number of anilines is 1. The lowest BCUT2D eigenvalue weighted by Crippen LogP contribution is -2.24. The monoisotopic (exact) mass is 341 g/mol. The molecular formula is C17H20FN7. The van der Waals surface area contributed by atoms with Crippen LogP contribution in [0.5, 0.6) is 0 Å². The van der Waals surface area contributed by atoms with Gasteiger partial charge in [-0.25, -0.2) is 19.0 Å². The van der Waals surface area contributed by atoms with E-state index in [4.69, 9.17) is 0 Å². The number of benzene rings is 1. The Morgan fingerprint density at radius 2 is 2.08 bits per heavy atom.